The lowest BCUT2D eigenvalue weighted by atomic mass is 10.0. The topological polar surface area (TPSA) is 3.24 Å². The Labute approximate surface area is 123 Å². The lowest BCUT2D eigenvalue weighted by Gasteiger charge is -2.35. The van der Waals surface area contributed by atoms with E-state index in [2.05, 4.69) is 62.1 Å². The summed E-state index contributed by atoms with van der Waals surface area (Å²) in [6.07, 6.45) is 10.2. The second-order valence-electron chi connectivity index (χ2n) is 7.34. The summed E-state index contributed by atoms with van der Waals surface area (Å²) in [5.41, 5.74) is 3.28. The molecule has 1 heteroatoms. The number of nitrogens with zero attached hydrogens (tertiary/aromatic N) is 1. The van der Waals surface area contributed by atoms with Crippen LogP contribution in [0.4, 0.5) is 0 Å². The Hall–Kier alpha value is -1.08. The zero-order valence-electron chi connectivity index (χ0n) is 13.1. The molecule has 0 radical (unpaired) electrons. The van der Waals surface area contributed by atoms with E-state index in [9.17, 15) is 0 Å². The van der Waals surface area contributed by atoms with Gasteiger partial charge < -0.3 is 0 Å². The van der Waals surface area contributed by atoms with Gasteiger partial charge in [-0.05, 0) is 70.0 Å². The molecular formula is C19H27N. The SMILES string of the molecule is CC(C)(C)N1CCCC1/C=C/c1ccccc1C1CC1. The zero-order valence-corrected chi connectivity index (χ0v) is 13.1. The van der Waals surface area contributed by atoms with Crippen molar-refractivity contribution in [2.75, 3.05) is 6.54 Å². The monoisotopic (exact) mass is 269 g/mol. The van der Waals surface area contributed by atoms with Gasteiger partial charge >= 0.3 is 0 Å². The van der Waals surface area contributed by atoms with Gasteiger partial charge in [-0.15, -0.1) is 0 Å². The third-order valence-electron chi connectivity index (χ3n) is 4.67. The van der Waals surface area contributed by atoms with Crippen LogP contribution in [-0.4, -0.2) is 23.0 Å². The summed E-state index contributed by atoms with van der Waals surface area (Å²) in [5.74, 6) is 0.832. The summed E-state index contributed by atoms with van der Waals surface area (Å²) in [7, 11) is 0. The van der Waals surface area contributed by atoms with Gasteiger partial charge in [0, 0.05) is 11.6 Å². The molecule has 108 valence electrons. The molecule has 1 saturated heterocycles. The molecule has 1 aromatic rings. The molecule has 0 spiro atoms. The van der Waals surface area contributed by atoms with Crippen molar-refractivity contribution in [1.29, 1.82) is 0 Å². The molecule has 1 aliphatic carbocycles. The Balaban J connectivity index is 1.77. The molecule has 1 aliphatic heterocycles. The van der Waals surface area contributed by atoms with E-state index in [1.165, 1.54) is 37.8 Å². The molecule has 20 heavy (non-hydrogen) atoms. The molecular weight excluding hydrogens is 242 g/mol. The van der Waals surface area contributed by atoms with Crippen LogP contribution in [0.1, 0.15) is 63.5 Å². The summed E-state index contributed by atoms with van der Waals surface area (Å²) in [4.78, 5) is 2.64. The minimum Gasteiger partial charge on any atom is -0.292 e. The van der Waals surface area contributed by atoms with E-state index in [0.717, 1.165) is 5.92 Å². The molecule has 2 fully saturated rings. The highest BCUT2D eigenvalue weighted by atomic mass is 15.2. The van der Waals surface area contributed by atoms with E-state index in [1.54, 1.807) is 5.56 Å². The van der Waals surface area contributed by atoms with Gasteiger partial charge in [0.1, 0.15) is 0 Å². The second-order valence-corrected chi connectivity index (χ2v) is 7.34. The standard InChI is InChI=1S/C19H27N/c1-19(2,3)20-14-6-8-17(20)13-12-15-7-4-5-9-18(15)16-10-11-16/h4-5,7,9,12-13,16-17H,6,8,10-11,14H2,1-3H3/b13-12+. The van der Waals surface area contributed by atoms with Gasteiger partial charge in [-0.2, -0.15) is 0 Å². The minimum absolute atomic E-state index is 0.279. The predicted octanol–water partition coefficient (Wildman–Crippen LogP) is 4.84. The number of benzene rings is 1. The molecule has 1 nitrogen and oxygen atoms in total. The molecule has 2 aliphatic rings. The number of hydrogen-bond donors (Lipinski definition) is 0. The van der Waals surface area contributed by atoms with Crippen LogP contribution < -0.4 is 0 Å². The van der Waals surface area contributed by atoms with E-state index in [0.29, 0.717) is 6.04 Å². The van der Waals surface area contributed by atoms with Crippen LogP contribution in [0.3, 0.4) is 0 Å². The first-order chi connectivity index (χ1) is 9.55. The lowest BCUT2D eigenvalue weighted by molar-refractivity contribution is 0.144. The summed E-state index contributed by atoms with van der Waals surface area (Å²) in [5, 5.41) is 0. The third-order valence-corrected chi connectivity index (χ3v) is 4.67. The Morgan fingerprint density at radius 2 is 1.85 bits per heavy atom. The number of rotatable bonds is 3. The van der Waals surface area contributed by atoms with E-state index < -0.39 is 0 Å². The second kappa shape index (κ2) is 5.37. The molecule has 1 aromatic carbocycles. The maximum Gasteiger partial charge on any atom is 0.0287 e. The van der Waals surface area contributed by atoms with Crippen LogP contribution >= 0.6 is 0 Å². The fourth-order valence-corrected chi connectivity index (χ4v) is 3.47. The molecule has 0 bridgehead atoms. The lowest BCUT2D eigenvalue weighted by Crippen LogP contribution is -2.43. The first-order valence-corrected chi connectivity index (χ1v) is 8.09. The Kier molecular flexibility index (Phi) is 3.72. The van der Waals surface area contributed by atoms with Gasteiger partial charge in [0.2, 0.25) is 0 Å². The van der Waals surface area contributed by atoms with E-state index >= 15 is 0 Å². The minimum atomic E-state index is 0.279. The van der Waals surface area contributed by atoms with Gasteiger partial charge in [0.15, 0.2) is 0 Å². The van der Waals surface area contributed by atoms with Crippen LogP contribution in [-0.2, 0) is 0 Å². The van der Waals surface area contributed by atoms with Crippen LogP contribution in [0.25, 0.3) is 6.08 Å². The van der Waals surface area contributed by atoms with Crippen molar-refractivity contribution >= 4 is 6.08 Å². The van der Waals surface area contributed by atoms with Crippen LogP contribution in [0.15, 0.2) is 30.3 Å². The van der Waals surface area contributed by atoms with E-state index in [-0.39, 0.29) is 5.54 Å². The summed E-state index contributed by atoms with van der Waals surface area (Å²) in [6, 6.07) is 9.56. The van der Waals surface area contributed by atoms with E-state index in [4.69, 9.17) is 0 Å². The summed E-state index contributed by atoms with van der Waals surface area (Å²) < 4.78 is 0. The zero-order chi connectivity index (χ0) is 14.2. The normalized spacial score (nSPS) is 24.6. The smallest absolute Gasteiger partial charge is 0.0287 e. The van der Waals surface area contributed by atoms with Crippen molar-refractivity contribution in [2.24, 2.45) is 0 Å². The number of likely N-dealkylation sites (tertiary alicyclic amines) is 1. The van der Waals surface area contributed by atoms with Gasteiger partial charge in [-0.1, -0.05) is 36.4 Å². The molecule has 1 saturated carbocycles. The summed E-state index contributed by atoms with van der Waals surface area (Å²) in [6.45, 7) is 8.23. The average molecular weight is 269 g/mol. The molecule has 1 heterocycles. The van der Waals surface area contributed by atoms with Gasteiger partial charge in [-0.25, -0.2) is 0 Å². The van der Waals surface area contributed by atoms with Crippen LogP contribution in [0, 0.1) is 0 Å². The Morgan fingerprint density at radius 1 is 1.10 bits per heavy atom. The molecule has 0 aromatic heterocycles. The van der Waals surface area contributed by atoms with Crippen molar-refractivity contribution in [3.05, 3.63) is 41.5 Å². The summed E-state index contributed by atoms with van der Waals surface area (Å²) >= 11 is 0. The predicted molar refractivity (Wildman–Crippen MR) is 86.9 cm³/mol. The Bertz CT molecular complexity index is 491. The van der Waals surface area contributed by atoms with Crippen molar-refractivity contribution in [1.82, 2.24) is 4.90 Å². The highest BCUT2D eigenvalue weighted by molar-refractivity contribution is 5.56. The maximum atomic E-state index is 2.64. The maximum absolute atomic E-state index is 2.64. The Morgan fingerprint density at radius 3 is 2.55 bits per heavy atom. The molecule has 0 amide bonds. The van der Waals surface area contributed by atoms with Crippen molar-refractivity contribution in [3.63, 3.8) is 0 Å². The largest absolute Gasteiger partial charge is 0.292 e. The van der Waals surface area contributed by atoms with Crippen LogP contribution in [0.5, 0.6) is 0 Å². The highest BCUT2D eigenvalue weighted by Gasteiger charge is 2.31. The molecule has 3 rings (SSSR count). The molecule has 1 unspecified atom stereocenters. The first-order valence-electron chi connectivity index (χ1n) is 8.09. The van der Waals surface area contributed by atoms with Crippen molar-refractivity contribution in [3.8, 4) is 0 Å². The average Bonchev–Trinajstić information content (AvgIpc) is 3.13. The van der Waals surface area contributed by atoms with Gasteiger partial charge in [-0.3, -0.25) is 4.90 Å². The van der Waals surface area contributed by atoms with Crippen molar-refractivity contribution < 1.29 is 0 Å². The number of hydrogen-bond acceptors (Lipinski definition) is 1. The van der Waals surface area contributed by atoms with Gasteiger partial charge in [0.25, 0.3) is 0 Å². The van der Waals surface area contributed by atoms with E-state index in [1.807, 2.05) is 0 Å². The first kappa shape index (κ1) is 13.9. The van der Waals surface area contributed by atoms with Crippen LogP contribution in [0.2, 0.25) is 0 Å². The van der Waals surface area contributed by atoms with Crippen molar-refractivity contribution in [2.45, 2.75) is 64.0 Å². The quantitative estimate of drug-likeness (QED) is 0.759. The third kappa shape index (κ3) is 2.98. The van der Waals surface area contributed by atoms with Gasteiger partial charge in [0.05, 0.1) is 0 Å². The fraction of sp³-hybridized carbons (Fsp3) is 0.579. The molecule has 0 N–H and O–H groups in total. The fourth-order valence-electron chi connectivity index (χ4n) is 3.47. The molecule has 1 atom stereocenters. The highest BCUT2D eigenvalue weighted by Crippen LogP contribution is 2.42.